The molecule has 1 aromatic heterocycles. The van der Waals surface area contributed by atoms with Crippen molar-refractivity contribution in [1.29, 1.82) is 0 Å². The number of nitrogens with zero attached hydrogens (tertiary/aromatic N) is 1. The molecular weight excluding hydrogens is 268 g/mol. The van der Waals surface area contributed by atoms with Crippen LogP contribution >= 0.6 is 11.3 Å². The summed E-state index contributed by atoms with van der Waals surface area (Å²) in [7, 11) is 0. The van der Waals surface area contributed by atoms with Crippen molar-refractivity contribution in [3.8, 4) is 0 Å². The van der Waals surface area contributed by atoms with Crippen LogP contribution in [0.25, 0.3) is 0 Å². The van der Waals surface area contributed by atoms with Gasteiger partial charge in [-0.1, -0.05) is 25.1 Å². The van der Waals surface area contributed by atoms with E-state index in [2.05, 4.69) is 23.5 Å². The van der Waals surface area contributed by atoms with Gasteiger partial charge in [-0.05, 0) is 44.0 Å². The van der Waals surface area contributed by atoms with Crippen molar-refractivity contribution in [2.75, 3.05) is 0 Å². The molecule has 3 nitrogen and oxygen atoms in total. The van der Waals surface area contributed by atoms with E-state index in [1.54, 1.807) is 17.4 Å². The third kappa shape index (κ3) is 3.33. The molecule has 0 aliphatic heterocycles. The normalized spacial score (nSPS) is 11.4. The van der Waals surface area contributed by atoms with Gasteiger partial charge in [-0.3, -0.25) is 4.79 Å². The van der Waals surface area contributed by atoms with Crippen molar-refractivity contribution < 1.29 is 4.79 Å². The second-order valence-corrected chi connectivity index (χ2v) is 5.74. The first kappa shape index (κ1) is 14.5. The van der Waals surface area contributed by atoms with Crippen LogP contribution in [0.1, 0.15) is 39.5 Å². The number of hydrogen-bond donors (Lipinski definition) is 1. The minimum absolute atomic E-state index is 0.172. The Morgan fingerprint density at radius 3 is 2.65 bits per heavy atom. The van der Waals surface area contributed by atoms with E-state index in [0.717, 1.165) is 22.6 Å². The van der Waals surface area contributed by atoms with E-state index in [1.165, 1.54) is 4.88 Å². The average Bonchev–Trinajstić information content (AvgIpc) is 2.94. The number of hydrogen-bond acceptors (Lipinski definition) is 3. The number of benzene rings is 1. The number of rotatable bonds is 4. The zero-order valence-corrected chi connectivity index (χ0v) is 12.8. The standard InChI is InChI=1S/C16H18N2OS/c1-4-13-9-10-15(20-13)12(3)17-18-16(19)14-8-6-5-7-11(14)2/h5-10H,4H2,1-3H3,(H,18,19)/b17-12-. The quantitative estimate of drug-likeness (QED) is 0.674. The van der Waals surface area contributed by atoms with Crippen LogP contribution in [0.15, 0.2) is 41.5 Å². The van der Waals surface area contributed by atoms with Gasteiger partial charge >= 0.3 is 0 Å². The lowest BCUT2D eigenvalue weighted by molar-refractivity contribution is 0.0954. The van der Waals surface area contributed by atoms with E-state index >= 15 is 0 Å². The fourth-order valence-corrected chi connectivity index (χ4v) is 2.73. The van der Waals surface area contributed by atoms with Crippen molar-refractivity contribution in [3.63, 3.8) is 0 Å². The minimum Gasteiger partial charge on any atom is -0.267 e. The molecule has 0 fully saturated rings. The number of hydrazone groups is 1. The van der Waals surface area contributed by atoms with Crippen LogP contribution in [0.5, 0.6) is 0 Å². The third-order valence-electron chi connectivity index (χ3n) is 3.08. The van der Waals surface area contributed by atoms with Crippen molar-refractivity contribution in [2.24, 2.45) is 5.10 Å². The van der Waals surface area contributed by atoms with Gasteiger partial charge in [0.1, 0.15) is 0 Å². The Balaban J connectivity index is 2.09. The summed E-state index contributed by atoms with van der Waals surface area (Å²) in [5.41, 5.74) is 5.05. The van der Waals surface area contributed by atoms with Gasteiger partial charge in [0.05, 0.1) is 10.6 Å². The van der Waals surface area contributed by atoms with Gasteiger partial charge in [-0.15, -0.1) is 11.3 Å². The molecular formula is C16H18N2OS. The number of aryl methyl sites for hydroxylation is 2. The van der Waals surface area contributed by atoms with Crippen molar-refractivity contribution >= 4 is 23.0 Å². The maximum atomic E-state index is 12.0. The van der Waals surface area contributed by atoms with Crippen molar-refractivity contribution in [1.82, 2.24) is 5.43 Å². The molecule has 0 radical (unpaired) electrons. The number of amides is 1. The molecule has 2 rings (SSSR count). The predicted octanol–water partition coefficient (Wildman–Crippen LogP) is 3.77. The zero-order valence-electron chi connectivity index (χ0n) is 11.9. The van der Waals surface area contributed by atoms with Crippen LogP contribution in [0.4, 0.5) is 0 Å². The van der Waals surface area contributed by atoms with Gasteiger partial charge in [0.25, 0.3) is 5.91 Å². The van der Waals surface area contributed by atoms with Crippen LogP contribution < -0.4 is 5.43 Å². The summed E-state index contributed by atoms with van der Waals surface area (Å²) in [4.78, 5) is 14.5. The molecule has 4 heteroatoms. The fourth-order valence-electron chi connectivity index (χ4n) is 1.84. The highest BCUT2D eigenvalue weighted by molar-refractivity contribution is 7.14. The summed E-state index contributed by atoms with van der Waals surface area (Å²) in [5.74, 6) is -0.172. The summed E-state index contributed by atoms with van der Waals surface area (Å²) in [6.07, 6.45) is 1.02. The predicted molar refractivity (Wildman–Crippen MR) is 84.6 cm³/mol. The Morgan fingerprint density at radius 1 is 1.25 bits per heavy atom. The van der Waals surface area contributed by atoms with Gasteiger partial charge in [-0.2, -0.15) is 5.10 Å². The molecule has 20 heavy (non-hydrogen) atoms. The molecule has 0 spiro atoms. The van der Waals surface area contributed by atoms with E-state index in [4.69, 9.17) is 0 Å². The molecule has 1 aromatic carbocycles. The molecule has 0 aliphatic carbocycles. The Labute approximate surface area is 123 Å². The smallest absolute Gasteiger partial charge is 0.267 e. The first-order chi connectivity index (χ1) is 9.61. The minimum atomic E-state index is -0.172. The Hall–Kier alpha value is -1.94. The van der Waals surface area contributed by atoms with Crippen LogP contribution in [0.2, 0.25) is 0 Å². The van der Waals surface area contributed by atoms with E-state index in [9.17, 15) is 4.79 Å². The van der Waals surface area contributed by atoms with Crippen LogP contribution in [-0.4, -0.2) is 11.6 Å². The molecule has 0 saturated heterocycles. The highest BCUT2D eigenvalue weighted by Gasteiger charge is 2.08. The highest BCUT2D eigenvalue weighted by atomic mass is 32.1. The van der Waals surface area contributed by atoms with Crippen molar-refractivity contribution in [2.45, 2.75) is 27.2 Å². The number of carbonyl (C=O) groups excluding carboxylic acids is 1. The molecule has 1 N–H and O–H groups in total. The molecule has 0 bridgehead atoms. The molecule has 104 valence electrons. The third-order valence-corrected chi connectivity index (χ3v) is 4.42. The molecule has 0 unspecified atom stereocenters. The second-order valence-electron chi connectivity index (χ2n) is 4.57. The Morgan fingerprint density at radius 2 is 2.00 bits per heavy atom. The molecule has 0 atom stereocenters. The lowest BCUT2D eigenvalue weighted by Gasteiger charge is -2.04. The first-order valence-corrected chi connectivity index (χ1v) is 7.42. The van der Waals surface area contributed by atoms with Gasteiger partial charge < -0.3 is 0 Å². The lowest BCUT2D eigenvalue weighted by Crippen LogP contribution is -2.20. The summed E-state index contributed by atoms with van der Waals surface area (Å²) >= 11 is 1.71. The Bertz CT molecular complexity index is 643. The Kier molecular flexibility index (Phi) is 4.69. The number of thiophene rings is 1. The molecule has 1 heterocycles. The van der Waals surface area contributed by atoms with E-state index in [0.29, 0.717) is 5.56 Å². The van der Waals surface area contributed by atoms with Gasteiger partial charge in [-0.25, -0.2) is 5.43 Å². The summed E-state index contributed by atoms with van der Waals surface area (Å²) in [6.45, 7) is 5.95. The van der Waals surface area contributed by atoms with Crippen LogP contribution in [-0.2, 0) is 6.42 Å². The van der Waals surface area contributed by atoms with Crippen LogP contribution in [0, 0.1) is 6.92 Å². The fraction of sp³-hybridized carbons (Fsp3) is 0.250. The first-order valence-electron chi connectivity index (χ1n) is 6.61. The average molecular weight is 286 g/mol. The van der Waals surface area contributed by atoms with Crippen LogP contribution in [0.3, 0.4) is 0 Å². The maximum Gasteiger partial charge on any atom is 0.271 e. The molecule has 1 amide bonds. The topological polar surface area (TPSA) is 41.5 Å². The maximum absolute atomic E-state index is 12.0. The highest BCUT2D eigenvalue weighted by Crippen LogP contribution is 2.17. The molecule has 0 aliphatic rings. The van der Waals surface area contributed by atoms with Crippen molar-refractivity contribution in [3.05, 3.63) is 57.3 Å². The molecule has 2 aromatic rings. The van der Waals surface area contributed by atoms with Gasteiger partial charge in [0.2, 0.25) is 0 Å². The van der Waals surface area contributed by atoms with Gasteiger partial charge in [0, 0.05) is 10.4 Å². The van der Waals surface area contributed by atoms with E-state index in [1.807, 2.05) is 38.1 Å². The largest absolute Gasteiger partial charge is 0.271 e. The lowest BCUT2D eigenvalue weighted by atomic mass is 10.1. The number of carbonyl (C=O) groups is 1. The second kappa shape index (κ2) is 6.48. The van der Waals surface area contributed by atoms with Gasteiger partial charge in [0.15, 0.2) is 0 Å². The summed E-state index contributed by atoms with van der Waals surface area (Å²) < 4.78 is 0. The van der Waals surface area contributed by atoms with E-state index in [-0.39, 0.29) is 5.91 Å². The monoisotopic (exact) mass is 286 g/mol. The summed E-state index contributed by atoms with van der Waals surface area (Å²) in [5, 5.41) is 4.19. The molecule has 0 saturated carbocycles. The summed E-state index contributed by atoms with van der Waals surface area (Å²) in [6, 6.07) is 11.6. The zero-order chi connectivity index (χ0) is 14.5. The SMILES string of the molecule is CCc1ccc(/C(C)=N\NC(=O)c2ccccc2C)s1. The number of nitrogens with one attached hydrogen (secondary N) is 1. The van der Waals surface area contributed by atoms with E-state index < -0.39 is 0 Å².